The molecule has 1 aromatic carbocycles. The van der Waals surface area contributed by atoms with Gasteiger partial charge >= 0.3 is 0 Å². The van der Waals surface area contributed by atoms with E-state index in [-0.39, 0.29) is 30.3 Å². The summed E-state index contributed by atoms with van der Waals surface area (Å²) in [6.07, 6.45) is 6.01. The Balaban J connectivity index is 1.04. The fourth-order valence-electron chi connectivity index (χ4n) is 7.75. The molecule has 3 fully saturated rings. The van der Waals surface area contributed by atoms with Gasteiger partial charge in [0.1, 0.15) is 11.5 Å². The summed E-state index contributed by atoms with van der Waals surface area (Å²) in [5.74, 6) is -2.85. The summed E-state index contributed by atoms with van der Waals surface area (Å²) in [7, 11) is 3.44. The molecule has 2 atom stereocenters. The van der Waals surface area contributed by atoms with Crippen LogP contribution in [0.25, 0.3) is 16.9 Å². The van der Waals surface area contributed by atoms with Crippen LogP contribution in [0.15, 0.2) is 42.7 Å². The molecule has 0 unspecified atom stereocenters. The second-order valence-corrected chi connectivity index (χ2v) is 13.4. The average molecular weight is 662 g/mol. The third-order valence-corrected chi connectivity index (χ3v) is 10.6. The highest BCUT2D eigenvalue weighted by Gasteiger charge is 2.60. The number of aromatic nitrogens is 4. The van der Waals surface area contributed by atoms with Crippen molar-refractivity contribution in [2.45, 2.75) is 50.3 Å². The topological polar surface area (TPSA) is 112 Å². The summed E-state index contributed by atoms with van der Waals surface area (Å²) in [4.78, 5) is 26.3. The van der Waals surface area contributed by atoms with Crippen LogP contribution in [-0.2, 0) is 17.7 Å². The minimum atomic E-state index is -2.74. The molecule has 3 aromatic heterocycles. The van der Waals surface area contributed by atoms with Crippen LogP contribution in [0.1, 0.15) is 40.9 Å². The van der Waals surface area contributed by atoms with E-state index >= 15 is 4.39 Å². The number of nitrogens with zero attached hydrogens (tertiary/aromatic N) is 6. The van der Waals surface area contributed by atoms with Crippen molar-refractivity contribution in [3.8, 4) is 11.3 Å². The molecule has 3 N–H and O–H groups in total. The van der Waals surface area contributed by atoms with Crippen LogP contribution >= 0.6 is 0 Å². The fraction of sp³-hybridized carbons (Fsp3) is 0.471. The van der Waals surface area contributed by atoms with E-state index in [1.807, 2.05) is 29.2 Å². The molecule has 2 saturated heterocycles. The fourth-order valence-corrected chi connectivity index (χ4v) is 7.75. The highest BCUT2D eigenvalue weighted by Crippen LogP contribution is 2.49. The van der Waals surface area contributed by atoms with E-state index in [0.29, 0.717) is 79.5 Å². The van der Waals surface area contributed by atoms with Gasteiger partial charge in [-0.1, -0.05) is 12.1 Å². The first kappa shape index (κ1) is 31.0. The number of hydrogen-bond acceptors (Lipinski definition) is 9. The van der Waals surface area contributed by atoms with Gasteiger partial charge in [-0.25, -0.2) is 22.7 Å². The lowest BCUT2D eigenvalue weighted by Gasteiger charge is -2.56. The molecule has 6 heterocycles. The molecule has 252 valence electrons. The molecule has 1 aliphatic carbocycles. The van der Waals surface area contributed by atoms with Crippen molar-refractivity contribution in [3.63, 3.8) is 0 Å². The Morgan fingerprint density at radius 1 is 1.17 bits per heavy atom. The van der Waals surface area contributed by atoms with Crippen molar-refractivity contribution in [3.05, 3.63) is 65.4 Å². The van der Waals surface area contributed by atoms with Gasteiger partial charge in [-0.15, -0.1) is 5.10 Å². The zero-order valence-corrected chi connectivity index (χ0v) is 26.9. The number of methoxy groups -OCH3 is 1. The third kappa shape index (κ3) is 4.99. The number of piperidine rings is 1. The van der Waals surface area contributed by atoms with Crippen LogP contribution in [0.3, 0.4) is 0 Å². The molecule has 4 aliphatic rings. The van der Waals surface area contributed by atoms with E-state index in [1.54, 1.807) is 24.9 Å². The number of pyridine rings is 1. The zero-order chi connectivity index (χ0) is 33.2. The minimum Gasteiger partial charge on any atom is -0.385 e. The zero-order valence-electron chi connectivity index (χ0n) is 26.9. The number of fused-ring (bicyclic) bond motifs is 2. The Hall–Kier alpha value is -4.27. The van der Waals surface area contributed by atoms with Crippen molar-refractivity contribution in [2.24, 2.45) is 5.41 Å². The molecular weight excluding hydrogens is 623 g/mol. The summed E-state index contributed by atoms with van der Waals surface area (Å²) in [6, 6.07) is 9.03. The van der Waals surface area contributed by atoms with E-state index in [9.17, 15) is 13.6 Å². The van der Waals surface area contributed by atoms with Crippen molar-refractivity contribution in [2.75, 3.05) is 57.1 Å². The van der Waals surface area contributed by atoms with E-state index in [0.717, 1.165) is 24.1 Å². The summed E-state index contributed by atoms with van der Waals surface area (Å²) >= 11 is 0. The summed E-state index contributed by atoms with van der Waals surface area (Å²) in [5, 5.41) is 13.9. The molecule has 1 saturated carbocycles. The Morgan fingerprint density at radius 2 is 2.02 bits per heavy atom. The maximum Gasteiger partial charge on any atom is 0.271 e. The highest BCUT2D eigenvalue weighted by atomic mass is 19.3. The van der Waals surface area contributed by atoms with Crippen LogP contribution in [0.2, 0.25) is 0 Å². The van der Waals surface area contributed by atoms with E-state index in [4.69, 9.17) is 9.84 Å². The quantitative estimate of drug-likeness (QED) is 0.258. The molecule has 1 spiro atoms. The number of nitrogens with one attached hydrogen (secondary N) is 3. The molecule has 14 heteroatoms. The summed E-state index contributed by atoms with van der Waals surface area (Å²) in [6.45, 7) is 1.86. The molecule has 8 rings (SSSR count). The second kappa shape index (κ2) is 11.7. The summed E-state index contributed by atoms with van der Waals surface area (Å²) < 4.78 is 51.9. The van der Waals surface area contributed by atoms with Crippen molar-refractivity contribution < 1.29 is 22.7 Å². The SMILES string of the molecule is CNc1cc(N2CCc3c(-c4ncc(CN5CC6(CCNCC6(F)F)C5)cc4F)cccc32)nn2c(C(=O)N[C@@H]3CC[C@H]3OC)cnc12. The first-order valence-electron chi connectivity index (χ1n) is 16.5. The molecule has 0 radical (unpaired) electrons. The standard InChI is InChI=1S/C34H38F3N9O2/c1-38-25-13-29(43-46-27(15-41-31(25)46)32(47)42-24-6-7-28(24)48-2)45-11-8-21-22(4-3-5-26(21)45)30-23(35)12-20(14-40-30)16-44-18-33(19-44)9-10-39-17-34(33,36)37/h3-5,12-15,24,28,38-39H,6-11,16-19H2,1-2H3,(H,42,47)/t24-,28-/m1/s1. The highest BCUT2D eigenvalue weighted by molar-refractivity contribution is 5.94. The number of anilines is 3. The molecular formula is C34H38F3N9O2. The van der Waals surface area contributed by atoms with Gasteiger partial charge in [-0.2, -0.15) is 0 Å². The Bertz CT molecular complexity index is 1890. The normalized spacial score (nSPS) is 22.7. The maximum absolute atomic E-state index is 15.7. The average Bonchev–Trinajstić information content (AvgIpc) is 3.68. The van der Waals surface area contributed by atoms with Crippen LogP contribution in [0.4, 0.5) is 30.4 Å². The number of likely N-dealkylation sites (tertiary alicyclic amines) is 1. The van der Waals surface area contributed by atoms with E-state index < -0.39 is 17.2 Å². The number of halogens is 3. The number of carbonyl (C=O) groups is 1. The van der Waals surface area contributed by atoms with E-state index in [2.05, 4.69) is 30.8 Å². The molecule has 11 nitrogen and oxygen atoms in total. The number of amides is 1. The minimum absolute atomic E-state index is 0.00142. The number of hydrogen-bond donors (Lipinski definition) is 3. The number of rotatable bonds is 8. The second-order valence-electron chi connectivity index (χ2n) is 13.4. The van der Waals surface area contributed by atoms with Gasteiger partial charge in [0.25, 0.3) is 11.8 Å². The first-order chi connectivity index (χ1) is 23.2. The molecule has 48 heavy (non-hydrogen) atoms. The largest absolute Gasteiger partial charge is 0.385 e. The molecule has 1 amide bonds. The van der Waals surface area contributed by atoms with Crippen LogP contribution in [0.5, 0.6) is 0 Å². The molecule has 3 aliphatic heterocycles. The third-order valence-electron chi connectivity index (χ3n) is 10.6. The number of ether oxygens (including phenoxy) is 1. The van der Waals surface area contributed by atoms with Crippen LogP contribution in [0, 0.1) is 11.2 Å². The van der Waals surface area contributed by atoms with Crippen molar-refractivity contribution in [1.29, 1.82) is 0 Å². The predicted molar refractivity (Wildman–Crippen MR) is 174 cm³/mol. The lowest BCUT2D eigenvalue weighted by molar-refractivity contribution is -0.205. The van der Waals surface area contributed by atoms with Gasteiger partial charge in [-0.05, 0) is 55.5 Å². The number of alkyl halides is 2. The maximum atomic E-state index is 15.7. The smallest absolute Gasteiger partial charge is 0.271 e. The van der Waals surface area contributed by atoms with E-state index in [1.165, 1.54) is 12.3 Å². The Labute approximate surface area is 275 Å². The predicted octanol–water partition coefficient (Wildman–Crippen LogP) is 4.00. The molecule has 0 bridgehead atoms. The van der Waals surface area contributed by atoms with Gasteiger partial charge in [0.2, 0.25) is 0 Å². The van der Waals surface area contributed by atoms with Crippen LogP contribution < -0.4 is 20.9 Å². The lowest BCUT2D eigenvalue weighted by atomic mass is 9.69. The summed E-state index contributed by atoms with van der Waals surface area (Å²) in [5.41, 5.74) is 3.99. The monoisotopic (exact) mass is 661 g/mol. The van der Waals surface area contributed by atoms with Gasteiger partial charge in [-0.3, -0.25) is 14.7 Å². The first-order valence-corrected chi connectivity index (χ1v) is 16.5. The lowest BCUT2D eigenvalue weighted by Crippen LogP contribution is -2.69. The van der Waals surface area contributed by atoms with Gasteiger partial charge in [0.05, 0.1) is 36.0 Å². The van der Waals surface area contributed by atoms with Gasteiger partial charge < -0.3 is 25.6 Å². The Morgan fingerprint density at radius 3 is 2.75 bits per heavy atom. The Kier molecular flexibility index (Phi) is 7.57. The van der Waals surface area contributed by atoms with Crippen molar-refractivity contribution >= 4 is 28.7 Å². The number of imidazole rings is 1. The number of carbonyl (C=O) groups excluding carboxylic acids is 1. The van der Waals surface area contributed by atoms with Gasteiger partial charge in [0, 0.05) is 63.9 Å². The van der Waals surface area contributed by atoms with Gasteiger partial charge in [0.15, 0.2) is 17.2 Å². The number of benzene rings is 1. The van der Waals surface area contributed by atoms with Crippen LogP contribution in [-0.4, -0.2) is 95.3 Å². The molecule has 4 aromatic rings. The van der Waals surface area contributed by atoms with Crippen molar-refractivity contribution in [1.82, 2.24) is 35.1 Å².